The van der Waals surface area contributed by atoms with Gasteiger partial charge in [-0.2, -0.15) is 5.10 Å². The van der Waals surface area contributed by atoms with Gasteiger partial charge in [-0.25, -0.2) is 15.0 Å². The summed E-state index contributed by atoms with van der Waals surface area (Å²) < 4.78 is 5.43. The lowest BCUT2D eigenvalue weighted by molar-refractivity contribution is 0.122. The molecule has 4 heterocycles. The van der Waals surface area contributed by atoms with Crippen molar-refractivity contribution in [3.63, 3.8) is 0 Å². The van der Waals surface area contributed by atoms with Gasteiger partial charge >= 0.3 is 0 Å². The van der Waals surface area contributed by atoms with Gasteiger partial charge in [0.1, 0.15) is 5.82 Å². The number of H-pyrrole nitrogens is 2. The van der Waals surface area contributed by atoms with Crippen molar-refractivity contribution in [3.8, 4) is 11.5 Å². The summed E-state index contributed by atoms with van der Waals surface area (Å²) in [6.45, 7) is 3.27. The zero-order valence-electron chi connectivity index (χ0n) is 14.8. The van der Waals surface area contributed by atoms with Crippen LogP contribution in [0.4, 0.5) is 17.2 Å². The first-order valence-electron chi connectivity index (χ1n) is 8.88. The molecule has 0 bridgehead atoms. The van der Waals surface area contributed by atoms with Gasteiger partial charge < -0.3 is 19.9 Å². The molecule has 1 saturated heterocycles. The van der Waals surface area contributed by atoms with Gasteiger partial charge in [0.2, 0.25) is 5.28 Å². The second-order valence-corrected chi connectivity index (χ2v) is 6.71. The molecule has 10 heteroatoms. The number of nitrogens with one attached hydrogen (secondary N) is 3. The summed E-state index contributed by atoms with van der Waals surface area (Å²) in [6, 6.07) is 7.96. The van der Waals surface area contributed by atoms with E-state index in [1.165, 1.54) is 0 Å². The lowest BCUT2D eigenvalue weighted by Gasteiger charge is -2.28. The van der Waals surface area contributed by atoms with E-state index in [1.807, 2.05) is 6.07 Å². The molecular formula is C18H17ClN8O. The fourth-order valence-electron chi connectivity index (χ4n) is 3.23. The van der Waals surface area contributed by atoms with Crippen LogP contribution >= 0.6 is 11.6 Å². The third kappa shape index (κ3) is 3.25. The summed E-state index contributed by atoms with van der Waals surface area (Å²) in [5.41, 5.74) is 4.38. The fourth-order valence-corrected chi connectivity index (χ4v) is 3.38. The second-order valence-electron chi connectivity index (χ2n) is 6.37. The summed E-state index contributed by atoms with van der Waals surface area (Å²) >= 11 is 5.86. The number of ether oxygens (including phenoxy) is 1. The highest BCUT2D eigenvalue weighted by Gasteiger charge is 2.16. The highest BCUT2D eigenvalue weighted by atomic mass is 35.5. The second kappa shape index (κ2) is 7.10. The minimum atomic E-state index is 0.175. The minimum Gasteiger partial charge on any atom is -0.378 e. The Kier molecular flexibility index (Phi) is 4.30. The van der Waals surface area contributed by atoms with Gasteiger partial charge in [-0.15, -0.1) is 0 Å². The third-order valence-corrected chi connectivity index (χ3v) is 4.78. The number of rotatable bonds is 4. The topological polar surface area (TPSA) is 108 Å². The van der Waals surface area contributed by atoms with Crippen LogP contribution in [-0.2, 0) is 4.74 Å². The van der Waals surface area contributed by atoms with Gasteiger partial charge in [0, 0.05) is 31.2 Å². The molecule has 1 aromatic carbocycles. The number of aromatic nitrogens is 6. The Balaban J connectivity index is 1.46. The zero-order chi connectivity index (χ0) is 18.9. The van der Waals surface area contributed by atoms with Crippen LogP contribution in [0.1, 0.15) is 0 Å². The number of halogens is 1. The summed E-state index contributed by atoms with van der Waals surface area (Å²) in [7, 11) is 0. The van der Waals surface area contributed by atoms with Gasteiger partial charge in [0.05, 0.1) is 29.9 Å². The van der Waals surface area contributed by atoms with Crippen molar-refractivity contribution in [1.82, 2.24) is 30.1 Å². The molecule has 0 saturated carbocycles. The van der Waals surface area contributed by atoms with Crippen LogP contribution in [0.2, 0.25) is 5.28 Å². The standard InChI is InChI=1S/C18H17ClN8O/c19-18-20-4-3-15(25-18)22-14-10-21-26-16(14)17-23-12-2-1-11(9-13(12)24-17)27-5-7-28-8-6-27/h1-4,9-10H,5-8H2,(H,21,26)(H,23,24)(H,20,22,25). The molecule has 1 aliphatic rings. The average Bonchev–Trinajstić information content (AvgIpc) is 3.34. The molecule has 9 nitrogen and oxygen atoms in total. The molecule has 28 heavy (non-hydrogen) atoms. The predicted octanol–water partition coefficient (Wildman–Crippen LogP) is 2.98. The van der Waals surface area contributed by atoms with Crippen molar-refractivity contribution >= 4 is 39.8 Å². The molecule has 1 aliphatic heterocycles. The SMILES string of the molecule is Clc1nccc(Nc2c[nH]nc2-c2nc3cc(N4CCOCC4)ccc3[nH]2)n1. The zero-order valence-corrected chi connectivity index (χ0v) is 15.6. The van der Waals surface area contributed by atoms with Crippen LogP contribution < -0.4 is 10.2 Å². The van der Waals surface area contributed by atoms with Crippen molar-refractivity contribution in [2.75, 3.05) is 36.5 Å². The van der Waals surface area contributed by atoms with E-state index < -0.39 is 0 Å². The highest BCUT2D eigenvalue weighted by Crippen LogP contribution is 2.29. The van der Waals surface area contributed by atoms with E-state index in [9.17, 15) is 0 Å². The monoisotopic (exact) mass is 396 g/mol. The molecule has 0 unspecified atom stereocenters. The predicted molar refractivity (Wildman–Crippen MR) is 107 cm³/mol. The number of nitrogens with zero attached hydrogens (tertiary/aromatic N) is 5. The summed E-state index contributed by atoms with van der Waals surface area (Å²) in [6.07, 6.45) is 3.34. The van der Waals surface area contributed by atoms with Gasteiger partial charge in [-0.1, -0.05) is 0 Å². The summed E-state index contributed by atoms with van der Waals surface area (Å²) in [5.74, 6) is 1.24. The van der Waals surface area contributed by atoms with E-state index in [-0.39, 0.29) is 5.28 Å². The van der Waals surface area contributed by atoms with Gasteiger partial charge in [0.15, 0.2) is 11.5 Å². The molecule has 5 rings (SSSR count). The van der Waals surface area contributed by atoms with Crippen LogP contribution in [0.3, 0.4) is 0 Å². The summed E-state index contributed by atoms with van der Waals surface area (Å²) in [5, 5.41) is 10.6. The van der Waals surface area contributed by atoms with Crippen LogP contribution in [0, 0.1) is 0 Å². The Labute approximate surface area is 165 Å². The Morgan fingerprint density at radius 1 is 1.14 bits per heavy atom. The largest absolute Gasteiger partial charge is 0.378 e. The number of aromatic amines is 2. The first-order chi connectivity index (χ1) is 13.8. The molecule has 142 valence electrons. The van der Waals surface area contributed by atoms with Crippen molar-refractivity contribution in [2.45, 2.75) is 0 Å². The Morgan fingerprint density at radius 2 is 2.04 bits per heavy atom. The normalized spacial score (nSPS) is 14.5. The van der Waals surface area contributed by atoms with E-state index >= 15 is 0 Å². The maximum absolute atomic E-state index is 5.86. The third-order valence-electron chi connectivity index (χ3n) is 4.60. The van der Waals surface area contributed by atoms with E-state index in [4.69, 9.17) is 21.3 Å². The molecular weight excluding hydrogens is 380 g/mol. The Bertz CT molecular complexity index is 1120. The smallest absolute Gasteiger partial charge is 0.224 e. The van der Waals surface area contributed by atoms with Gasteiger partial charge in [0.25, 0.3) is 0 Å². The van der Waals surface area contributed by atoms with Crippen molar-refractivity contribution in [1.29, 1.82) is 0 Å². The molecule has 4 aromatic rings. The van der Waals surface area contributed by atoms with E-state index in [0.29, 0.717) is 17.3 Å². The highest BCUT2D eigenvalue weighted by molar-refractivity contribution is 6.28. The number of benzene rings is 1. The fraction of sp³-hybridized carbons (Fsp3) is 0.222. The lowest BCUT2D eigenvalue weighted by atomic mass is 10.2. The van der Waals surface area contributed by atoms with E-state index in [0.717, 1.165) is 48.7 Å². The van der Waals surface area contributed by atoms with Crippen LogP contribution in [0.15, 0.2) is 36.7 Å². The van der Waals surface area contributed by atoms with Crippen LogP contribution in [0.5, 0.6) is 0 Å². The van der Waals surface area contributed by atoms with Crippen LogP contribution in [0.25, 0.3) is 22.6 Å². The van der Waals surface area contributed by atoms with Crippen molar-refractivity contribution in [2.24, 2.45) is 0 Å². The lowest BCUT2D eigenvalue weighted by Crippen LogP contribution is -2.36. The number of hydrogen-bond donors (Lipinski definition) is 3. The molecule has 0 atom stereocenters. The Morgan fingerprint density at radius 3 is 2.89 bits per heavy atom. The number of morpholine rings is 1. The minimum absolute atomic E-state index is 0.175. The number of imidazole rings is 1. The van der Waals surface area contributed by atoms with E-state index in [1.54, 1.807) is 18.5 Å². The molecule has 0 aliphatic carbocycles. The summed E-state index contributed by atoms with van der Waals surface area (Å²) in [4.78, 5) is 18.4. The first kappa shape index (κ1) is 17.0. The molecule has 0 amide bonds. The molecule has 3 N–H and O–H groups in total. The van der Waals surface area contributed by atoms with Crippen molar-refractivity contribution < 1.29 is 4.74 Å². The van der Waals surface area contributed by atoms with Gasteiger partial charge in [-0.05, 0) is 35.9 Å². The average molecular weight is 397 g/mol. The Hall–Kier alpha value is -3.17. The number of hydrogen-bond acceptors (Lipinski definition) is 7. The van der Waals surface area contributed by atoms with Crippen LogP contribution in [-0.4, -0.2) is 56.4 Å². The van der Waals surface area contributed by atoms with Crippen molar-refractivity contribution in [3.05, 3.63) is 41.9 Å². The quantitative estimate of drug-likeness (QED) is 0.455. The van der Waals surface area contributed by atoms with E-state index in [2.05, 4.69) is 47.5 Å². The molecule has 1 fully saturated rings. The maximum atomic E-state index is 5.86. The van der Waals surface area contributed by atoms with Gasteiger partial charge in [-0.3, -0.25) is 5.10 Å². The molecule has 0 radical (unpaired) electrons. The molecule has 0 spiro atoms. The maximum Gasteiger partial charge on any atom is 0.224 e. The number of anilines is 3. The first-order valence-corrected chi connectivity index (χ1v) is 9.26. The molecule has 3 aromatic heterocycles. The number of fused-ring (bicyclic) bond motifs is 1.